The van der Waals surface area contributed by atoms with Gasteiger partial charge in [-0.1, -0.05) is 43.5 Å². The highest BCUT2D eigenvalue weighted by molar-refractivity contribution is 5.86. The van der Waals surface area contributed by atoms with Crippen molar-refractivity contribution in [3.05, 3.63) is 54.1 Å². The molecule has 0 aliphatic carbocycles. The molecule has 0 bridgehead atoms. The van der Waals surface area contributed by atoms with Crippen molar-refractivity contribution >= 4 is 12.0 Å². The molecule has 0 amide bonds. The predicted molar refractivity (Wildman–Crippen MR) is 91.9 cm³/mol. The molecular formula is C19H28NO2+. The fourth-order valence-corrected chi connectivity index (χ4v) is 2.67. The summed E-state index contributed by atoms with van der Waals surface area (Å²) in [5.41, 5.74) is 2.79. The number of quaternary nitrogens is 1. The lowest BCUT2D eigenvalue weighted by Crippen LogP contribution is -2.55. The molecule has 22 heavy (non-hydrogen) atoms. The number of hydrogen-bond donors (Lipinski definition) is 0. The summed E-state index contributed by atoms with van der Waals surface area (Å²) in [5.74, 6) is -0.325. The average molecular weight is 302 g/mol. The molecule has 0 fully saturated rings. The summed E-state index contributed by atoms with van der Waals surface area (Å²) in [5, 5.41) is 0. The van der Waals surface area contributed by atoms with Gasteiger partial charge in [-0.25, -0.2) is 4.79 Å². The van der Waals surface area contributed by atoms with Crippen molar-refractivity contribution in [1.82, 2.24) is 0 Å². The van der Waals surface area contributed by atoms with Gasteiger partial charge in [-0.15, -0.1) is 0 Å². The van der Waals surface area contributed by atoms with Crippen molar-refractivity contribution in [2.45, 2.75) is 40.5 Å². The highest BCUT2D eigenvalue weighted by atomic mass is 16.6. The molecule has 0 spiro atoms. The third-order valence-electron chi connectivity index (χ3n) is 4.42. The van der Waals surface area contributed by atoms with Crippen molar-refractivity contribution in [1.29, 1.82) is 0 Å². The first-order valence-electron chi connectivity index (χ1n) is 7.82. The fraction of sp³-hybridized carbons (Fsp3) is 0.421. The van der Waals surface area contributed by atoms with Crippen LogP contribution in [0.25, 0.3) is 6.08 Å². The van der Waals surface area contributed by atoms with Gasteiger partial charge in [0.15, 0.2) is 0 Å². The van der Waals surface area contributed by atoms with Crippen LogP contribution >= 0.6 is 0 Å². The van der Waals surface area contributed by atoms with Crippen LogP contribution in [0.3, 0.4) is 0 Å². The topological polar surface area (TPSA) is 26.3 Å². The summed E-state index contributed by atoms with van der Waals surface area (Å²) < 4.78 is 6.30. The Morgan fingerprint density at radius 2 is 1.91 bits per heavy atom. The van der Waals surface area contributed by atoms with Crippen molar-refractivity contribution in [2.24, 2.45) is 0 Å². The van der Waals surface area contributed by atoms with E-state index in [9.17, 15) is 4.79 Å². The molecule has 0 heterocycles. The Hall–Kier alpha value is -1.87. The van der Waals surface area contributed by atoms with Gasteiger partial charge in [-0.05, 0) is 26.3 Å². The van der Waals surface area contributed by atoms with E-state index in [1.807, 2.05) is 25.1 Å². The van der Waals surface area contributed by atoms with Gasteiger partial charge in [-0.3, -0.25) is 4.48 Å². The molecule has 1 atom stereocenters. The van der Waals surface area contributed by atoms with Gasteiger partial charge < -0.3 is 4.74 Å². The molecule has 0 saturated heterocycles. The second-order valence-electron chi connectivity index (χ2n) is 5.70. The van der Waals surface area contributed by atoms with Crippen molar-refractivity contribution in [3.63, 3.8) is 0 Å². The SMILES string of the molecule is C=Cc1ccccc1C[N+](CC)(CC)C(C)OC(=O)C(=C)C. The number of carbonyl (C=O) groups is 1. The summed E-state index contributed by atoms with van der Waals surface area (Å²) in [4.78, 5) is 11.9. The summed E-state index contributed by atoms with van der Waals surface area (Å²) in [6.07, 6.45) is 1.65. The first-order chi connectivity index (χ1) is 10.4. The first kappa shape index (κ1) is 18.2. The molecule has 0 saturated carbocycles. The van der Waals surface area contributed by atoms with Crippen LogP contribution in [-0.4, -0.2) is 29.8 Å². The van der Waals surface area contributed by atoms with E-state index in [-0.39, 0.29) is 12.2 Å². The van der Waals surface area contributed by atoms with Crippen LogP contribution < -0.4 is 0 Å². The Labute approximate surface area is 134 Å². The third-order valence-corrected chi connectivity index (χ3v) is 4.42. The Balaban J connectivity index is 3.07. The Kier molecular flexibility index (Phi) is 6.57. The largest absolute Gasteiger partial charge is 0.409 e. The zero-order chi connectivity index (χ0) is 16.8. The molecular weight excluding hydrogens is 274 g/mol. The lowest BCUT2D eigenvalue weighted by molar-refractivity contribution is -0.976. The molecule has 120 valence electrons. The maximum Gasteiger partial charge on any atom is 0.337 e. The minimum atomic E-state index is -0.325. The zero-order valence-electron chi connectivity index (χ0n) is 14.3. The minimum absolute atomic E-state index is 0.225. The predicted octanol–water partition coefficient (Wildman–Crippen LogP) is 4.15. The van der Waals surface area contributed by atoms with Crippen LogP contribution in [0, 0.1) is 0 Å². The standard InChI is InChI=1S/C19H28NO2/c1-7-17-12-10-11-13-18(17)14-20(8-2,9-3)16(6)22-19(21)15(4)5/h7,10-13,16H,1,4,8-9,14H2,2-3,5-6H3/q+1. The van der Waals surface area contributed by atoms with Crippen LogP contribution in [0.4, 0.5) is 0 Å². The number of carbonyl (C=O) groups excluding carboxylic acids is 1. The molecule has 1 aromatic carbocycles. The van der Waals surface area contributed by atoms with E-state index in [0.717, 1.165) is 25.2 Å². The molecule has 0 radical (unpaired) electrons. The summed E-state index contributed by atoms with van der Waals surface area (Å²) in [7, 11) is 0. The van der Waals surface area contributed by atoms with Crippen molar-refractivity contribution in [2.75, 3.05) is 13.1 Å². The van der Waals surface area contributed by atoms with Gasteiger partial charge in [0.1, 0.15) is 6.54 Å². The molecule has 0 aliphatic rings. The normalized spacial score (nSPS) is 12.5. The van der Waals surface area contributed by atoms with Crippen LogP contribution in [0.1, 0.15) is 38.8 Å². The van der Waals surface area contributed by atoms with E-state index in [1.165, 1.54) is 5.56 Å². The van der Waals surface area contributed by atoms with E-state index in [2.05, 4.69) is 39.1 Å². The van der Waals surface area contributed by atoms with Gasteiger partial charge in [0.2, 0.25) is 6.23 Å². The molecule has 1 aromatic rings. The average Bonchev–Trinajstić information content (AvgIpc) is 2.52. The maximum atomic E-state index is 11.9. The Bertz CT molecular complexity index is 544. The molecule has 3 heteroatoms. The molecule has 0 N–H and O–H groups in total. The number of esters is 1. The van der Waals surface area contributed by atoms with Gasteiger partial charge in [0.25, 0.3) is 0 Å². The van der Waals surface area contributed by atoms with E-state index < -0.39 is 0 Å². The quantitative estimate of drug-likeness (QED) is 0.312. The van der Waals surface area contributed by atoms with Crippen molar-refractivity contribution in [3.8, 4) is 0 Å². The zero-order valence-corrected chi connectivity index (χ0v) is 14.3. The highest BCUT2D eigenvalue weighted by Crippen LogP contribution is 2.23. The second-order valence-corrected chi connectivity index (χ2v) is 5.70. The maximum absolute atomic E-state index is 11.9. The molecule has 3 nitrogen and oxygen atoms in total. The van der Waals surface area contributed by atoms with E-state index >= 15 is 0 Å². The summed E-state index contributed by atoms with van der Waals surface area (Å²) >= 11 is 0. The lowest BCUT2D eigenvalue weighted by Gasteiger charge is -2.41. The number of hydrogen-bond acceptors (Lipinski definition) is 2. The molecule has 1 unspecified atom stereocenters. The first-order valence-corrected chi connectivity index (χ1v) is 7.82. The Morgan fingerprint density at radius 3 is 2.41 bits per heavy atom. The summed E-state index contributed by atoms with van der Waals surface area (Å²) in [6, 6.07) is 8.22. The monoisotopic (exact) mass is 302 g/mol. The smallest absolute Gasteiger partial charge is 0.337 e. The van der Waals surface area contributed by atoms with E-state index in [4.69, 9.17) is 4.74 Å². The molecule has 0 aromatic heterocycles. The van der Waals surface area contributed by atoms with Crippen LogP contribution in [0.5, 0.6) is 0 Å². The van der Waals surface area contributed by atoms with E-state index in [1.54, 1.807) is 6.92 Å². The van der Waals surface area contributed by atoms with Crippen LogP contribution in [0.2, 0.25) is 0 Å². The second kappa shape index (κ2) is 7.95. The van der Waals surface area contributed by atoms with Gasteiger partial charge >= 0.3 is 5.97 Å². The third kappa shape index (κ3) is 4.08. The lowest BCUT2D eigenvalue weighted by atomic mass is 10.1. The van der Waals surface area contributed by atoms with Crippen LogP contribution in [0.15, 0.2) is 43.0 Å². The van der Waals surface area contributed by atoms with Gasteiger partial charge in [-0.2, -0.15) is 0 Å². The molecule has 0 aliphatic heterocycles. The van der Waals surface area contributed by atoms with E-state index in [0.29, 0.717) is 10.1 Å². The summed E-state index contributed by atoms with van der Waals surface area (Å²) in [6.45, 7) is 18.0. The number of nitrogens with zero attached hydrogens (tertiary/aromatic N) is 1. The number of benzene rings is 1. The molecule has 1 rings (SSSR count). The highest BCUT2D eigenvalue weighted by Gasteiger charge is 2.34. The van der Waals surface area contributed by atoms with Crippen molar-refractivity contribution < 1.29 is 14.0 Å². The fourth-order valence-electron chi connectivity index (χ4n) is 2.67. The number of ether oxygens (including phenoxy) is 1. The van der Waals surface area contributed by atoms with Gasteiger partial charge in [0.05, 0.1) is 13.1 Å². The number of rotatable bonds is 8. The Morgan fingerprint density at radius 1 is 1.32 bits per heavy atom. The minimum Gasteiger partial charge on any atom is -0.409 e. The van der Waals surface area contributed by atoms with Gasteiger partial charge in [0, 0.05) is 18.1 Å². The van der Waals surface area contributed by atoms with Crippen LogP contribution in [-0.2, 0) is 16.1 Å².